The number of anilines is 1. The molecule has 2 aromatic heterocycles. The third-order valence-electron chi connectivity index (χ3n) is 2.95. The predicted octanol–water partition coefficient (Wildman–Crippen LogP) is 2.94. The Morgan fingerprint density at radius 3 is 2.83 bits per heavy atom. The molecule has 0 aliphatic carbocycles. The number of hydrogen-bond donors (Lipinski definition) is 1. The largest absolute Gasteiger partial charge is 0.352 e. The van der Waals surface area contributed by atoms with Crippen molar-refractivity contribution in [1.29, 1.82) is 0 Å². The van der Waals surface area contributed by atoms with E-state index in [1.165, 1.54) is 10.4 Å². The Kier molecular flexibility index (Phi) is 4.33. The highest BCUT2D eigenvalue weighted by atomic mass is 32.1. The second kappa shape index (κ2) is 5.98. The van der Waals surface area contributed by atoms with Gasteiger partial charge in [0.15, 0.2) is 0 Å². The summed E-state index contributed by atoms with van der Waals surface area (Å²) in [4.78, 5) is 8.21. The molecule has 0 aromatic carbocycles. The number of thiophene rings is 1. The van der Waals surface area contributed by atoms with Crippen LogP contribution < -0.4 is 10.6 Å². The number of aromatic nitrogens is 1. The first-order chi connectivity index (χ1) is 8.74. The monoisotopic (exact) mass is 261 g/mol. The van der Waals surface area contributed by atoms with Gasteiger partial charge in [-0.3, -0.25) is 0 Å². The van der Waals surface area contributed by atoms with Crippen LogP contribution >= 0.6 is 11.3 Å². The second-order valence-corrected chi connectivity index (χ2v) is 5.31. The minimum absolute atomic E-state index is 0.547. The lowest BCUT2D eigenvalue weighted by molar-refractivity contribution is 0.815. The number of aryl methyl sites for hydroxylation is 1. The average Bonchev–Trinajstić information content (AvgIpc) is 2.89. The first kappa shape index (κ1) is 13.1. The first-order valence-electron chi connectivity index (χ1n) is 6.17. The van der Waals surface area contributed by atoms with Crippen molar-refractivity contribution in [2.45, 2.75) is 26.9 Å². The van der Waals surface area contributed by atoms with Crippen molar-refractivity contribution in [3.8, 4) is 0 Å². The maximum atomic E-state index is 5.64. The molecule has 2 N–H and O–H groups in total. The molecule has 2 heterocycles. The number of hydrogen-bond acceptors (Lipinski definition) is 4. The van der Waals surface area contributed by atoms with Crippen molar-refractivity contribution in [2.75, 3.05) is 11.4 Å². The fraction of sp³-hybridized carbons (Fsp3) is 0.357. The summed E-state index contributed by atoms with van der Waals surface area (Å²) in [6.45, 7) is 6.67. The lowest BCUT2D eigenvalue weighted by Gasteiger charge is -2.23. The third kappa shape index (κ3) is 2.89. The highest BCUT2D eigenvalue weighted by molar-refractivity contribution is 7.09. The van der Waals surface area contributed by atoms with Crippen LogP contribution in [0.4, 0.5) is 5.82 Å². The molecule has 0 saturated carbocycles. The van der Waals surface area contributed by atoms with Crippen LogP contribution in [0.3, 0.4) is 0 Å². The van der Waals surface area contributed by atoms with E-state index in [0.29, 0.717) is 6.54 Å². The topological polar surface area (TPSA) is 42.2 Å². The Balaban J connectivity index is 2.22. The second-order valence-electron chi connectivity index (χ2n) is 4.28. The van der Waals surface area contributed by atoms with Crippen molar-refractivity contribution >= 4 is 17.2 Å². The molecule has 0 aliphatic rings. The molecule has 0 saturated heterocycles. The summed E-state index contributed by atoms with van der Waals surface area (Å²) in [5.41, 5.74) is 7.91. The van der Waals surface area contributed by atoms with Gasteiger partial charge in [-0.15, -0.1) is 11.3 Å². The van der Waals surface area contributed by atoms with Gasteiger partial charge in [-0.25, -0.2) is 4.98 Å². The van der Waals surface area contributed by atoms with E-state index in [-0.39, 0.29) is 0 Å². The molecule has 0 spiro atoms. The van der Waals surface area contributed by atoms with Gasteiger partial charge >= 0.3 is 0 Å². The molecule has 4 heteroatoms. The number of nitrogens with zero attached hydrogens (tertiary/aromatic N) is 2. The molecular weight excluding hydrogens is 242 g/mol. The fourth-order valence-corrected chi connectivity index (χ4v) is 2.72. The Morgan fingerprint density at radius 1 is 1.44 bits per heavy atom. The van der Waals surface area contributed by atoms with Gasteiger partial charge in [-0.1, -0.05) is 6.07 Å². The van der Waals surface area contributed by atoms with E-state index >= 15 is 0 Å². The van der Waals surface area contributed by atoms with Crippen molar-refractivity contribution in [3.63, 3.8) is 0 Å². The minimum Gasteiger partial charge on any atom is -0.352 e. The van der Waals surface area contributed by atoms with Gasteiger partial charge in [0.1, 0.15) is 5.82 Å². The van der Waals surface area contributed by atoms with Crippen molar-refractivity contribution < 1.29 is 0 Å². The normalized spacial score (nSPS) is 10.6. The number of nitrogens with two attached hydrogens (primary N) is 1. The summed E-state index contributed by atoms with van der Waals surface area (Å²) in [5, 5.41) is 2.11. The summed E-state index contributed by atoms with van der Waals surface area (Å²) in [7, 11) is 0. The highest BCUT2D eigenvalue weighted by Gasteiger charge is 2.10. The minimum atomic E-state index is 0.547. The van der Waals surface area contributed by atoms with Crippen molar-refractivity contribution in [1.82, 2.24) is 4.98 Å². The number of rotatable bonds is 5. The van der Waals surface area contributed by atoms with E-state index in [9.17, 15) is 0 Å². The SMILES string of the molecule is CCN(Cc1cccs1)c1ncc(CN)cc1C. The van der Waals surface area contributed by atoms with Crippen LogP contribution in [0.25, 0.3) is 0 Å². The molecule has 0 unspecified atom stereocenters. The quantitative estimate of drug-likeness (QED) is 0.900. The summed E-state index contributed by atoms with van der Waals surface area (Å²) in [6.07, 6.45) is 1.87. The molecule has 0 radical (unpaired) electrons. The van der Waals surface area contributed by atoms with E-state index in [0.717, 1.165) is 24.5 Å². The number of pyridine rings is 1. The lowest BCUT2D eigenvalue weighted by Crippen LogP contribution is -2.23. The van der Waals surface area contributed by atoms with Gasteiger partial charge in [0, 0.05) is 24.2 Å². The van der Waals surface area contributed by atoms with Crippen LogP contribution in [0.15, 0.2) is 29.8 Å². The summed E-state index contributed by atoms with van der Waals surface area (Å²) >= 11 is 1.79. The summed E-state index contributed by atoms with van der Waals surface area (Å²) in [6, 6.07) is 6.38. The van der Waals surface area contributed by atoms with Crippen LogP contribution in [0.5, 0.6) is 0 Å². The van der Waals surface area contributed by atoms with Crippen LogP contribution in [0.2, 0.25) is 0 Å². The van der Waals surface area contributed by atoms with Crippen molar-refractivity contribution in [2.24, 2.45) is 5.73 Å². The standard InChI is InChI=1S/C14H19N3S/c1-3-17(10-13-5-4-6-18-13)14-11(2)7-12(8-15)9-16-14/h4-7,9H,3,8,10,15H2,1-2H3. The average molecular weight is 261 g/mol. The first-order valence-corrected chi connectivity index (χ1v) is 7.05. The maximum absolute atomic E-state index is 5.64. The van der Waals surface area contributed by atoms with E-state index in [1.54, 1.807) is 11.3 Å². The molecule has 18 heavy (non-hydrogen) atoms. The maximum Gasteiger partial charge on any atom is 0.131 e. The van der Waals surface area contributed by atoms with Crippen molar-refractivity contribution in [3.05, 3.63) is 45.8 Å². The van der Waals surface area contributed by atoms with E-state index in [2.05, 4.69) is 47.3 Å². The predicted molar refractivity (Wildman–Crippen MR) is 77.9 cm³/mol. The molecule has 3 nitrogen and oxygen atoms in total. The Bertz CT molecular complexity index is 494. The van der Waals surface area contributed by atoms with Gasteiger partial charge < -0.3 is 10.6 Å². The zero-order chi connectivity index (χ0) is 13.0. The van der Waals surface area contributed by atoms with Gasteiger partial charge in [-0.05, 0) is 42.5 Å². The van der Waals surface area contributed by atoms with E-state index in [1.807, 2.05) is 6.20 Å². The van der Waals surface area contributed by atoms with E-state index < -0.39 is 0 Å². The molecule has 2 aromatic rings. The van der Waals surface area contributed by atoms with Crippen LogP contribution in [0.1, 0.15) is 22.9 Å². The third-order valence-corrected chi connectivity index (χ3v) is 3.81. The molecule has 0 atom stereocenters. The summed E-state index contributed by atoms with van der Waals surface area (Å²) in [5.74, 6) is 1.06. The zero-order valence-corrected chi connectivity index (χ0v) is 11.7. The van der Waals surface area contributed by atoms with Crippen LogP contribution in [-0.2, 0) is 13.1 Å². The van der Waals surface area contributed by atoms with Gasteiger partial charge in [0.2, 0.25) is 0 Å². The van der Waals surface area contributed by atoms with Gasteiger partial charge in [0.05, 0.1) is 6.54 Å². The lowest BCUT2D eigenvalue weighted by atomic mass is 10.2. The van der Waals surface area contributed by atoms with E-state index in [4.69, 9.17) is 5.73 Å². The summed E-state index contributed by atoms with van der Waals surface area (Å²) < 4.78 is 0. The Labute approximate surface area is 112 Å². The Morgan fingerprint density at radius 2 is 2.28 bits per heavy atom. The highest BCUT2D eigenvalue weighted by Crippen LogP contribution is 2.21. The smallest absolute Gasteiger partial charge is 0.131 e. The van der Waals surface area contributed by atoms with Gasteiger partial charge in [0.25, 0.3) is 0 Å². The van der Waals surface area contributed by atoms with Gasteiger partial charge in [-0.2, -0.15) is 0 Å². The zero-order valence-electron chi connectivity index (χ0n) is 10.9. The molecule has 96 valence electrons. The van der Waals surface area contributed by atoms with Crippen LogP contribution in [-0.4, -0.2) is 11.5 Å². The molecular formula is C14H19N3S. The van der Waals surface area contributed by atoms with Crippen LogP contribution in [0, 0.1) is 6.92 Å². The molecule has 0 bridgehead atoms. The fourth-order valence-electron chi connectivity index (χ4n) is 2.00. The molecule has 0 fully saturated rings. The molecule has 0 aliphatic heterocycles. The molecule has 2 rings (SSSR count). The molecule has 0 amide bonds. The Hall–Kier alpha value is -1.39.